The Morgan fingerprint density at radius 1 is 1.20 bits per heavy atom. The number of halogens is 1. The Bertz CT molecular complexity index is 1060. The SMILES string of the molecule is COc1ccc(Oc2cc(NC(=O)C(C)n3cc(Br)c(C)n3)cc([N+](=O)[O-])c2)cc1. The Balaban J connectivity index is 1.82. The van der Waals surface area contributed by atoms with Crippen LogP contribution in [-0.2, 0) is 4.79 Å². The number of hydrogen-bond donors (Lipinski definition) is 1. The fourth-order valence-corrected chi connectivity index (χ4v) is 2.91. The predicted octanol–water partition coefficient (Wildman–Crippen LogP) is 4.86. The summed E-state index contributed by atoms with van der Waals surface area (Å²) in [6, 6.07) is 10.2. The van der Waals surface area contributed by atoms with Crippen LogP contribution in [0.3, 0.4) is 0 Å². The van der Waals surface area contributed by atoms with Crippen molar-refractivity contribution in [1.29, 1.82) is 0 Å². The van der Waals surface area contributed by atoms with Gasteiger partial charge in [-0.1, -0.05) is 0 Å². The third-order valence-electron chi connectivity index (χ3n) is 4.30. The molecule has 3 rings (SSSR count). The number of hydrogen-bond acceptors (Lipinski definition) is 6. The second kappa shape index (κ2) is 8.95. The molecule has 0 aliphatic carbocycles. The zero-order valence-electron chi connectivity index (χ0n) is 16.5. The molecule has 0 radical (unpaired) electrons. The molecule has 0 spiro atoms. The lowest BCUT2D eigenvalue weighted by atomic mass is 10.2. The molecule has 1 unspecified atom stereocenters. The maximum absolute atomic E-state index is 12.6. The highest BCUT2D eigenvalue weighted by Crippen LogP contribution is 2.31. The number of amides is 1. The van der Waals surface area contributed by atoms with Crippen LogP contribution in [0.2, 0.25) is 0 Å². The number of nitro benzene ring substituents is 1. The van der Waals surface area contributed by atoms with E-state index >= 15 is 0 Å². The molecule has 1 aromatic heterocycles. The average Bonchev–Trinajstić information content (AvgIpc) is 3.06. The van der Waals surface area contributed by atoms with Crippen LogP contribution in [0.1, 0.15) is 18.7 Å². The number of benzene rings is 2. The van der Waals surface area contributed by atoms with Crippen molar-refractivity contribution in [1.82, 2.24) is 9.78 Å². The van der Waals surface area contributed by atoms with E-state index in [9.17, 15) is 14.9 Å². The minimum absolute atomic E-state index is 0.207. The summed E-state index contributed by atoms with van der Waals surface area (Å²) in [7, 11) is 1.55. The molecule has 2 aromatic carbocycles. The van der Waals surface area contributed by atoms with Crippen molar-refractivity contribution in [3.05, 3.63) is 68.9 Å². The molecule has 10 heteroatoms. The zero-order valence-corrected chi connectivity index (χ0v) is 18.0. The van der Waals surface area contributed by atoms with Crippen LogP contribution in [0.15, 0.2) is 53.1 Å². The van der Waals surface area contributed by atoms with Gasteiger partial charge in [-0.25, -0.2) is 0 Å². The maximum atomic E-state index is 12.6. The van der Waals surface area contributed by atoms with Crippen LogP contribution in [-0.4, -0.2) is 27.7 Å². The number of anilines is 1. The van der Waals surface area contributed by atoms with Crippen molar-refractivity contribution < 1.29 is 19.2 Å². The topological polar surface area (TPSA) is 109 Å². The first-order valence-electron chi connectivity index (χ1n) is 8.90. The van der Waals surface area contributed by atoms with Crippen LogP contribution in [0.5, 0.6) is 17.2 Å². The first kappa shape index (κ1) is 21.3. The van der Waals surface area contributed by atoms with Crippen molar-refractivity contribution in [3.8, 4) is 17.2 Å². The highest BCUT2D eigenvalue weighted by Gasteiger charge is 2.19. The summed E-state index contributed by atoms with van der Waals surface area (Å²) in [6.07, 6.45) is 1.70. The summed E-state index contributed by atoms with van der Waals surface area (Å²) in [5.74, 6) is 0.971. The lowest BCUT2D eigenvalue weighted by Crippen LogP contribution is -2.24. The van der Waals surface area contributed by atoms with Crippen molar-refractivity contribution in [2.45, 2.75) is 19.9 Å². The molecule has 1 heterocycles. The summed E-state index contributed by atoms with van der Waals surface area (Å²) < 4.78 is 13.1. The van der Waals surface area contributed by atoms with Gasteiger partial charge in [-0.3, -0.25) is 19.6 Å². The fraction of sp³-hybridized carbons (Fsp3) is 0.200. The molecule has 1 amide bonds. The van der Waals surface area contributed by atoms with Gasteiger partial charge in [-0.05, 0) is 54.0 Å². The van der Waals surface area contributed by atoms with Gasteiger partial charge in [0.2, 0.25) is 5.91 Å². The van der Waals surface area contributed by atoms with Crippen LogP contribution in [0.25, 0.3) is 0 Å². The molecule has 0 saturated heterocycles. The molecule has 0 aliphatic heterocycles. The van der Waals surface area contributed by atoms with Crippen molar-refractivity contribution >= 4 is 33.2 Å². The molecule has 0 saturated carbocycles. The van der Waals surface area contributed by atoms with Crippen molar-refractivity contribution in [2.24, 2.45) is 0 Å². The zero-order chi connectivity index (χ0) is 21.8. The fourth-order valence-electron chi connectivity index (χ4n) is 2.62. The van der Waals surface area contributed by atoms with Crippen LogP contribution >= 0.6 is 15.9 Å². The Labute approximate surface area is 180 Å². The van der Waals surface area contributed by atoms with E-state index in [0.29, 0.717) is 11.5 Å². The third kappa shape index (κ3) is 4.95. The van der Waals surface area contributed by atoms with Crippen LogP contribution in [0.4, 0.5) is 11.4 Å². The number of carbonyl (C=O) groups excluding carboxylic acids is 1. The van der Waals surface area contributed by atoms with E-state index in [0.717, 1.165) is 10.2 Å². The number of nitro groups is 1. The number of aromatic nitrogens is 2. The Kier molecular flexibility index (Phi) is 6.36. The summed E-state index contributed by atoms with van der Waals surface area (Å²) in [6.45, 7) is 3.49. The molecule has 0 bridgehead atoms. The number of methoxy groups -OCH3 is 1. The normalized spacial score (nSPS) is 11.6. The smallest absolute Gasteiger partial charge is 0.275 e. The van der Waals surface area contributed by atoms with E-state index in [1.807, 2.05) is 6.92 Å². The number of nitrogens with one attached hydrogen (secondary N) is 1. The number of ether oxygens (including phenoxy) is 2. The molecule has 9 nitrogen and oxygen atoms in total. The summed E-state index contributed by atoms with van der Waals surface area (Å²) in [4.78, 5) is 23.4. The number of carbonyl (C=O) groups is 1. The van der Waals surface area contributed by atoms with E-state index in [4.69, 9.17) is 9.47 Å². The minimum Gasteiger partial charge on any atom is -0.497 e. The van der Waals surface area contributed by atoms with Crippen molar-refractivity contribution in [2.75, 3.05) is 12.4 Å². The molecular weight excluding hydrogens is 456 g/mol. The van der Waals surface area contributed by atoms with E-state index in [1.165, 1.54) is 22.9 Å². The number of rotatable bonds is 7. The number of aryl methyl sites for hydroxylation is 1. The highest BCUT2D eigenvalue weighted by atomic mass is 79.9. The predicted molar refractivity (Wildman–Crippen MR) is 114 cm³/mol. The monoisotopic (exact) mass is 474 g/mol. The van der Waals surface area contributed by atoms with Gasteiger partial charge in [0.15, 0.2) is 0 Å². The van der Waals surface area contributed by atoms with E-state index in [2.05, 4.69) is 26.3 Å². The molecular formula is C20H19BrN4O5. The standard InChI is InChI=1S/C20H19BrN4O5/c1-12-19(21)11-24(23-12)13(2)20(26)22-14-8-15(25(27)28)10-18(9-14)30-17-6-4-16(29-3)5-7-17/h4-11,13H,1-3H3,(H,22,26). The summed E-state index contributed by atoms with van der Waals surface area (Å²) in [5, 5.41) is 18.3. The van der Waals surface area contributed by atoms with E-state index < -0.39 is 11.0 Å². The Hall–Kier alpha value is -3.40. The summed E-state index contributed by atoms with van der Waals surface area (Å²) >= 11 is 3.36. The molecule has 3 aromatic rings. The Morgan fingerprint density at radius 2 is 1.87 bits per heavy atom. The molecule has 0 fully saturated rings. The highest BCUT2D eigenvalue weighted by molar-refractivity contribution is 9.10. The second-order valence-electron chi connectivity index (χ2n) is 6.46. The third-order valence-corrected chi connectivity index (χ3v) is 5.08. The van der Waals surface area contributed by atoms with E-state index in [-0.39, 0.29) is 23.0 Å². The van der Waals surface area contributed by atoms with Gasteiger partial charge in [-0.2, -0.15) is 5.10 Å². The Morgan fingerprint density at radius 3 is 2.43 bits per heavy atom. The quantitative estimate of drug-likeness (QED) is 0.386. The summed E-state index contributed by atoms with van der Waals surface area (Å²) in [5.41, 5.74) is 0.786. The maximum Gasteiger partial charge on any atom is 0.275 e. The van der Waals surface area contributed by atoms with Gasteiger partial charge in [0.1, 0.15) is 23.3 Å². The van der Waals surface area contributed by atoms with Gasteiger partial charge in [-0.15, -0.1) is 0 Å². The molecule has 30 heavy (non-hydrogen) atoms. The van der Waals surface area contributed by atoms with Crippen LogP contribution in [0, 0.1) is 17.0 Å². The first-order chi connectivity index (χ1) is 14.3. The second-order valence-corrected chi connectivity index (χ2v) is 7.31. The van der Waals surface area contributed by atoms with Gasteiger partial charge < -0.3 is 14.8 Å². The van der Waals surface area contributed by atoms with Crippen LogP contribution < -0.4 is 14.8 Å². The molecule has 156 valence electrons. The van der Waals surface area contributed by atoms with E-state index in [1.54, 1.807) is 44.5 Å². The van der Waals surface area contributed by atoms with Gasteiger partial charge in [0.05, 0.1) is 34.0 Å². The molecule has 1 N–H and O–H groups in total. The first-order valence-corrected chi connectivity index (χ1v) is 9.69. The lowest BCUT2D eigenvalue weighted by Gasteiger charge is -2.14. The van der Waals surface area contributed by atoms with Gasteiger partial charge >= 0.3 is 0 Å². The van der Waals surface area contributed by atoms with Crippen molar-refractivity contribution in [3.63, 3.8) is 0 Å². The minimum atomic E-state index is -0.625. The molecule has 1 atom stereocenters. The lowest BCUT2D eigenvalue weighted by molar-refractivity contribution is -0.384. The average molecular weight is 475 g/mol. The largest absolute Gasteiger partial charge is 0.497 e. The molecule has 0 aliphatic rings. The number of nitrogens with zero attached hydrogens (tertiary/aromatic N) is 3. The number of non-ortho nitro benzene ring substituents is 1. The van der Waals surface area contributed by atoms with Gasteiger partial charge in [0, 0.05) is 18.3 Å². The van der Waals surface area contributed by atoms with Gasteiger partial charge in [0.25, 0.3) is 5.69 Å².